The van der Waals surface area contributed by atoms with Gasteiger partial charge in [-0.15, -0.1) is 0 Å². The van der Waals surface area contributed by atoms with E-state index < -0.39 is 0 Å². The molecule has 0 saturated carbocycles. The van der Waals surface area contributed by atoms with Gasteiger partial charge in [0.15, 0.2) is 0 Å². The fourth-order valence-electron chi connectivity index (χ4n) is 2.87. The lowest BCUT2D eigenvalue weighted by atomic mass is 10.00. The van der Waals surface area contributed by atoms with Crippen LogP contribution in [0, 0.1) is 6.92 Å². The molecular weight excluding hydrogens is 228 g/mol. The predicted molar refractivity (Wildman–Crippen MR) is 69.0 cm³/mol. The molecule has 4 nitrogen and oxygen atoms in total. The molecule has 2 heterocycles. The van der Waals surface area contributed by atoms with Gasteiger partial charge in [0.05, 0.1) is 16.8 Å². The Balaban J connectivity index is 2.13. The SMILES string of the molecule is Cc1ccc2c(c1N1CCCCC1)C(=O)NC2=O. The van der Waals surface area contributed by atoms with Crippen LogP contribution in [0.2, 0.25) is 0 Å². The summed E-state index contributed by atoms with van der Waals surface area (Å²) in [6, 6.07) is 3.68. The lowest BCUT2D eigenvalue weighted by Crippen LogP contribution is -2.31. The van der Waals surface area contributed by atoms with Crippen molar-refractivity contribution in [2.45, 2.75) is 26.2 Å². The minimum atomic E-state index is -0.270. The second-order valence-corrected chi connectivity index (χ2v) is 4.98. The molecule has 1 fully saturated rings. The molecule has 0 aliphatic carbocycles. The normalized spacial score (nSPS) is 18.8. The maximum Gasteiger partial charge on any atom is 0.261 e. The van der Waals surface area contributed by atoms with E-state index >= 15 is 0 Å². The summed E-state index contributed by atoms with van der Waals surface area (Å²) in [7, 11) is 0. The Hall–Kier alpha value is -1.84. The maximum atomic E-state index is 11.9. The number of benzene rings is 1. The first-order chi connectivity index (χ1) is 8.68. The van der Waals surface area contributed by atoms with Gasteiger partial charge in [-0.05, 0) is 37.8 Å². The summed E-state index contributed by atoms with van der Waals surface area (Å²) in [4.78, 5) is 25.9. The van der Waals surface area contributed by atoms with E-state index in [2.05, 4.69) is 10.2 Å². The summed E-state index contributed by atoms with van der Waals surface area (Å²) in [6.45, 7) is 3.94. The number of carbonyl (C=O) groups excluding carboxylic acids is 2. The molecule has 0 bridgehead atoms. The van der Waals surface area contributed by atoms with E-state index in [0.29, 0.717) is 11.1 Å². The molecule has 0 atom stereocenters. The number of carbonyl (C=O) groups is 2. The quantitative estimate of drug-likeness (QED) is 0.767. The van der Waals surface area contributed by atoms with E-state index in [1.807, 2.05) is 13.0 Å². The molecule has 2 amide bonds. The van der Waals surface area contributed by atoms with Gasteiger partial charge in [-0.3, -0.25) is 14.9 Å². The Morgan fingerprint density at radius 1 is 1.06 bits per heavy atom. The molecule has 94 valence electrons. The number of amides is 2. The van der Waals surface area contributed by atoms with Gasteiger partial charge in [-0.25, -0.2) is 0 Å². The topological polar surface area (TPSA) is 49.4 Å². The Kier molecular flexibility index (Phi) is 2.58. The van der Waals surface area contributed by atoms with Crippen molar-refractivity contribution in [3.05, 3.63) is 28.8 Å². The zero-order chi connectivity index (χ0) is 12.7. The third-order valence-corrected chi connectivity index (χ3v) is 3.75. The second-order valence-electron chi connectivity index (χ2n) is 4.98. The zero-order valence-corrected chi connectivity index (χ0v) is 10.5. The fraction of sp³-hybridized carbons (Fsp3) is 0.429. The van der Waals surface area contributed by atoms with Crippen LogP contribution in [-0.2, 0) is 0 Å². The van der Waals surface area contributed by atoms with Crippen molar-refractivity contribution in [3.63, 3.8) is 0 Å². The monoisotopic (exact) mass is 244 g/mol. The largest absolute Gasteiger partial charge is 0.371 e. The van der Waals surface area contributed by atoms with Crippen LogP contribution in [0.25, 0.3) is 0 Å². The fourth-order valence-corrected chi connectivity index (χ4v) is 2.87. The number of nitrogens with zero attached hydrogens (tertiary/aromatic N) is 1. The molecule has 1 saturated heterocycles. The van der Waals surface area contributed by atoms with E-state index in [1.54, 1.807) is 6.07 Å². The maximum absolute atomic E-state index is 11.9. The predicted octanol–water partition coefficient (Wildman–Crippen LogP) is 1.87. The van der Waals surface area contributed by atoms with E-state index in [0.717, 1.165) is 37.2 Å². The second kappa shape index (κ2) is 4.12. The lowest BCUT2D eigenvalue weighted by molar-refractivity contribution is 0.0880. The number of fused-ring (bicyclic) bond motifs is 1. The molecule has 0 radical (unpaired) electrons. The molecule has 18 heavy (non-hydrogen) atoms. The molecule has 1 aromatic rings. The molecule has 0 spiro atoms. The summed E-state index contributed by atoms with van der Waals surface area (Å²) in [5.41, 5.74) is 3.11. The van der Waals surface area contributed by atoms with Gasteiger partial charge in [0.2, 0.25) is 0 Å². The summed E-state index contributed by atoms with van der Waals surface area (Å²) in [6.07, 6.45) is 3.55. The van der Waals surface area contributed by atoms with Crippen LogP contribution in [0.15, 0.2) is 12.1 Å². The number of piperidine rings is 1. The highest BCUT2D eigenvalue weighted by Gasteiger charge is 2.32. The number of nitrogens with one attached hydrogen (secondary N) is 1. The summed E-state index contributed by atoms with van der Waals surface area (Å²) < 4.78 is 0. The highest BCUT2D eigenvalue weighted by atomic mass is 16.2. The van der Waals surface area contributed by atoms with Crippen molar-refractivity contribution in [2.75, 3.05) is 18.0 Å². The molecule has 3 rings (SSSR count). The standard InChI is InChI=1S/C14H16N2O2/c1-9-5-6-10-11(14(18)15-13(10)17)12(9)16-7-3-2-4-8-16/h5-6H,2-4,7-8H2,1H3,(H,15,17,18). The first-order valence-electron chi connectivity index (χ1n) is 6.42. The van der Waals surface area contributed by atoms with Crippen LogP contribution in [0.1, 0.15) is 45.5 Å². The average molecular weight is 244 g/mol. The van der Waals surface area contributed by atoms with Crippen molar-refractivity contribution in [1.29, 1.82) is 0 Å². The number of hydrogen-bond donors (Lipinski definition) is 1. The first kappa shape index (κ1) is 11.3. The van der Waals surface area contributed by atoms with Crippen LogP contribution in [0.4, 0.5) is 5.69 Å². The van der Waals surface area contributed by atoms with Gasteiger partial charge >= 0.3 is 0 Å². The minimum Gasteiger partial charge on any atom is -0.371 e. The van der Waals surface area contributed by atoms with Crippen molar-refractivity contribution >= 4 is 17.5 Å². The molecule has 2 aliphatic rings. The summed E-state index contributed by atoms with van der Waals surface area (Å²) in [5, 5.41) is 2.38. The summed E-state index contributed by atoms with van der Waals surface area (Å²) >= 11 is 0. The van der Waals surface area contributed by atoms with Crippen molar-refractivity contribution in [3.8, 4) is 0 Å². The molecule has 4 heteroatoms. The van der Waals surface area contributed by atoms with Crippen LogP contribution in [0.3, 0.4) is 0 Å². The number of hydrogen-bond acceptors (Lipinski definition) is 3. The van der Waals surface area contributed by atoms with Gasteiger partial charge in [0.25, 0.3) is 11.8 Å². The van der Waals surface area contributed by atoms with E-state index in [-0.39, 0.29) is 11.8 Å². The van der Waals surface area contributed by atoms with Gasteiger partial charge in [-0.2, -0.15) is 0 Å². The average Bonchev–Trinajstić information content (AvgIpc) is 2.66. The molecular formula is C14H16N2O2. The van der Waals surface area contributed by atoms with Gasteiger partial charge < -0.3 is 4.90 Å². The molecule has 0 aromatic heterocycles. The van der Waals surface area contributed by atoms with Crippen LogP contribution >= 0.6 is 0 Å². The van der Waals surface area contributed by atoms with Gasteiger partial charge in [0.1, 0.15) is 0 Å². The van der Waals surface area contributed by atoms with E-state index in [1.165, 1.54) is 6.42 Å². The summed E-state index contributed by atoms with van der Waals surface area (Å²) in [5.74, 6) is -0.521. The highest BCUT2D eigenvalue weighted by molar-refractivity contribution is 6.24. The molecule has 2 aliphatic heterocycles. The van der Waals surface area contributed by atoms with E-state index in [4.69, 9.17) is 0 Å². The van der Waals surface area contributed by atoms with Gasteiger partial charge in [-0.1, -0.05) is 6.07 Å². The van der Waals surface area contributed by atoms with Crippen LogP contribution < -0.4 is 10.2 Å². The molecule has 0 unspecified atom stereocenters. The Labute approximate surface area is 106 Å². The first-order valence-corrected chi connectivity index (χ1v) is 6.42. The third kappa shape index (κ3) is 1.60. The van der Waals surface area contributed by atoms with Crippen molar-refractivity contribution in [2.24, 2.45) is 0 Å². The molecule has 1 aromatic carbocycles. The highest BCUT2D eigenvalue weighted by Crippen LogP contribution is 2.32. The van der Waals surface area contributed by atoms with E-state index in [9.17, 15) is 9.59 Å². The van der Waals surface area contributed by atoms with Crippen molar-refractivity contribution in [1.82, 2.24) is 5.32 Å². The minimum absolute atomic E-state index is 0.251. The van der Waals surface area contributed by atoms with Crippen molar-refractivity contribution < 1.29 is 9.59 Å². The Bertz CT molecular complexity index is 531. The smallest absolute Gasteiger partial charge is 0.261 e. The third-order valence-electron chi connectivity index (χ3n) is 3.75. The molecule has 1 N–H and O–H groups in total. The van der Waals surface area contributed by atoms with Gasteiger partial charge in [0, 0.05) is 13.1 Å². The number of rotatable bonds is 1. The lowest BCUT2D eigenvalue weighted by Gasteiger charge is -2.31. The zero-order valence-electron chi connectivity index (χ0n) is 10.5. The number of anilines is 1. The number of aryl methyl sites for hydroxylation is 1. The Morgan fingerprint density at radius 3 is 2.50 bits per heavy atom. The van der Waals surface area contributed by atoms with Crippen LogP contribution in [0.5, 0.6) is 0 Å². The van der Waals surface area contributed by atoms with Crippen LogP contribution in [-0.4, -0.2) is 24.9 Å². The Morgan fingerprint density at radius 2 is 1.78 bits per heavy atom. The number of imide groups is 1.